The lowest BCUT2D eigenvalue weighted by Gasteiger charge is -2.04. The van der Waals surface area contributed by atoms with E-state index in [9.17, 15) is 0 Å². The molecule has 1 heteroatoms. The van der Waals surface area contributed by atoms with Crippen molar-refractivity contribution in [1.82, 2.24) is 4.98 Å². The Morgan fingerprint density at radius 3 is 2.24 bits per heavy atom. The average molecular weight is 219 g/mol. The van der Waals surface area contributed by atoms with Gasteiger partial charge in [-0.05, 0) is 47.0 Å². The van der Waals surface area contributed by atoms with Crippen molar-refractivity contribution >= 4 is 10.8 Å². The molecule has 0 aliphatic carbocycles. The number of hydrogen-bond donors (Lipinski definition) is 0. The molecular formula is C16H13N. The van der Waals surface area contributed by atoms with Gasteiger partial charge in [0.15, 0.2) is 0 Å². The summed E-state index contributed by atoms with van der Waals surface area (Å²) in [5.41, 5.74) is 3.75. The zero-order chi connectivity index (χ0) is 11.7. The molecule has 0 spiro atoms. The lowest BCUT2D eigenvalue weighted by Crippen LogP contribution is -1.80. The highest BCUT2D eigenvalue weighted by Gasteiger charge is 1.99. The fourth-order valence-electron chi connectivity index (χ4n) is 2.09. The van der Waals surface area contributed by atoms with E-state index in [0.29, 0.717) is 0 Å². The first kappa shape index (κ1) is 10.0. The summed E-state index contributed by atoms with van der Waals surface area (Å²) in [5, 5.41) is 2.58. The standard InChI is InChI=1S/C16H13N/c1-12-2-3-16-11-15(5-4-14(16)10-12)13-6-8-17-9-7-13/h2-11H,1H3. The molecule has 0 fully saturated rings. The van der Waals surface area contributed by atoms with Gasteiger partial charge in [-0.1, -0.05) is 35.9 Å². The van der Waals surface area contributed by atoms with Gasteiger partial charge in [0, 0.05) is 12.4 Å². The van der Waals surface area contributed by atoms with Gasteiger partial charge in [-0.3, -0.25) is 4.98 Å². The second-order valence-corrected chi connectivity index (χ2v) is 4.30. The molecule has 0 unspecified atom stereocenters. The molecule has 2 aromatic carbocycles. The molecule has 3 aromatic rings. The maximum Gasteiger partial charge on any atom is 0.0273 e. The SMILES string of the molecule is Cc1ccc2cc(-c3ccncc3)ccc2c1. The maximum absolute atomic E-state index is 4.04. The number of pyridine rings is 1. The van der Waals surface area contributed by atoms with Crippen LogP contribution in [0.15, 0.2) is 60.9 Å². The van der Waals surface area contributed by atoms with E-state index in [0.717, 1.165) is 0 Å². The summed E-state index contributed by atoms with van der Waals surface area (Å²) in [6, 6.07) is 17.2. The summed E-state index contributed by atoms with van der Waals surface area (Å²) in [5.74, 6) is 0. The van der Waals surface area contributed by atoms with E-state index in [4.69, 9.17) is 0 Å². The van der Waals surface area contributed by atoms with E-state index in [2.05, 4.69) is 48.3 Å². The van der Waals surface area contributed by atoms with E-state index < -0.39 is 0 Å². The van der Waals surface area contributed by atoms with Crippen LogP contribution in [0.4, 0.5) is 0 Å². The lowest BCUT2D eigenvalue weighted by atomic mass is 10.0. The lowest BCUT2D eigenvalue weighted by molar-refractivity contribution is 1.33. The zero-order valence-electron chi connectivity index (χ0n) is 9.72. The normalized spacial score (nSPS) is 10.6. The highest BCUT2D eigenvalue weighted by Crippen LogP contribution is 2.24. The molecule has 0 bridgehead atoms. The number of aryl methyl sites for hydroxylation is 1. The average Bonchev–Trinajstić information content (AvgIpc) is 2.39. The summed E-state index contributed by atoms with van der Waals surface area (Å²) in [6.07, 6.45) is 3.66. The number of aromatic nitrogens is 1. The fraction of sp³-hybridized carbons (Fsp3) is 0.0625. The summed E-state index contributed by atoms with van der Waals surface area (Å²) in [4.78, 5) is 4.04. The number of benzene rings is 2. The summed E-state index contributed by atoms with van der Waals surface area (Å²) in [6.45, 7) is 2.12. The minimum absolute atomic E-state index is 1.21. The van der Waals surface area contributed by atoms with Gasteiger partial charge in [0.2, 0.25) is 0 Å². The Morgan fingerprint density at radius 2 is 1.41 bits per heavy atom. The third kappa shape index (κ3) is 1.92. The fourth-order valence-corrected chi connectivity index (χ4v) is 2.09. The molecule has 0 aliphatic heterocycles. The van der Waals surface area contributed by atoms with E-state index >= 15 is 0 Å². The Morgan fingerprint density at radius 1 is 0.706 bits per heavy atom. The first-order valence-corrected chi connectivity index (χ1v) is 5.74. The molecule has 0 radical (unpaired) electrons. The van der Waals surface area contributed by atoms with Crippen LogP contribution in [0.3, 0.4) is 0 Å². The van der Waals surface area contributed by atoms with Crippen LogP contribution in [0.1, 0.15) is 5.56 Å². The third-order valence-corrected chi connectivity index (χ3v) is 3.01. The first-order valence-electron chi connectivity index (χ1n) is 5.74. The smallest absolute Gasteiger partial charge is 0.0273 e. The number of rotatable bonds is 1. The van der Waals surface area contributed by atoms with Gasteiger partial charge in [-0.25, -0.2) is 0 Å². The second kappa shape index (κ2) is 4.02. The molecular weight excluding hydrogens is 206 g/mol. The van der Waals surface area contributed by atoms with E-state index in [1.165, 1.54) is 27.5 Å². The monoisotopic (exact) mass is 219 g/mol. The van der Waals surface area contributed by atoms with Crippen molar-refractivity contribution in [2.75, 3.05) is 0 Å². The predicted octanol–water partition coefficient (Wildman–Crippen LogP) is 4.21. The molecule has 17 heavy (non-hydrogen) atoms. The van der Waals surface area contributed by atoms with Gasteiger partial charge in [-0.2, -0.15) is 0 Å². The van der Waals surface area contributed by atoms with Gasteiger partial charge in [0.05, 0.1) is 0 Å². The molecule has 82 valence electrons. The zero-order valence-corrected chi connectivity index (χ0v) is 9.72. The van der Waals surface area contributed by atoms with Crippen molar-refractivity contribution in [2.24, 2.45) is 0 Å². The van der Waals surface area contributed by atoms with Crippen molar-refractivity contribution in [3.05, 3.63) is 66.5 Å². The van der Waals surface area contributed by atoms with Crippen LogP contribution in [0.25, 0.3) is 21.9 Å². The molecule has 0 N–H and O–H groups in total. The quantitative estimate of drug-likeness (QED) is 0.597. The molecule has 0 saturated heterocycles. The molecule has 0 saturated carbocycles. The Bertz CT molecular complexity index is 657. The Balaban J connectivity index is 2.17. The van der Waals surface area contributed by atoms with Gasteiger partial charge < -0.3 is 0 Å². The maximum atomic E-state index is 4.04. The van der Waals surface area contributed by atoms with Crippen molar-refractivity contribution in [2.45, 2.75) is 6.92 Å². The van der Waals surface area contributed by atoms with Crippen molar-refractivity contribution in [3.8, 4) is 11.1 Å². The Kier molecular flexibility index (Phi) is 2.37. The Hall–Kier alpha value is -2.15. The topological polar surface area (TPSA) is 12.9 Å². The molecule has 1 nitrogen and oxygen atoms in total. The molecule has 1 aromatic heterocycles. The van der Waals surface area contributed by atoms with Crippen molar-refractivity contribution in [1.29, 1.82) is 0 Å². The minimum Gasteiger partial charge on any atom is -0.265 e. The van der Waals surface area contributed by atoms with Gasteiger partial charge in [-0.15, -0.1) is 0 Å². The van der Waals surface area contributed by atoms with Crippen LogP contribution in [0, 0.1) is 6.92 Å². The van der Waals surface area contributed by atoms with E-state index in [1.54, 1.807) is 0 Å². The van der Waals surface area contributed by atoms with Gasteiger partial charge in [0.1, 0.15) is 0 Å². The highest BCUT2D eigenvalue weighted by molar-refractivity contribution is 5.87. The van der Waals surface area contributed by atoms with Crippen molar-refractivity contribution in [3.63, 3.8) is 0 Å². The number of hydrogen-bond acceptors (Lipinski definition) is 1. The van der Waals surface area contributed by atoms with Crippen LogP contribution >= 0.6 is 0 Å². The molecule has 0 aliphatic rings. The second-order valence-electron chi connectivity index (χ2n) is 4.30. The molecule has 0 atom stereocenters. The predicted molar refractivity (Wildman–Crippen MR) is 71.9 cm³/mol. The minimum atomic E-state index is 1.21. The van der Waals surface area contributed by atoms with E-state index in [1.807, 2.05) is 24.5 Å². The van der Waals surface area contributed by atoms with E-state index in [-0.39, 0.29) is 0 Å². The summed E-state index contributed by atoms with van der Waals surface area (Å²) >= 11 is 0. The summed E-state index contributed by atoms with van der Waals surface area (Å²) in [7, 11) is 0. The highest BCUT2D eigenvalue weighted by atomic mass is 14.6. The van der Waals surface area contributed by atoms with Crippen LogP contribution in [0.5, 0.6) is 0 Å². The first-order chi connectivity index (χ1) is 8.33. The number of fused-ring (bicyclic) bond motifs is 1. The van der Waals surface area contributed by atoms with Crippen molar-refractivity contribution < 1.29 is 0 Å². The summed E-state index contributed by atoms with van der Waals surface area (Å²) < 4.78 is 0. The third-order valence-electron chi connectivity index (χ3n) is 3.01. The molecule has 0 amide bonds. The molecule has 3 rings (SSSR count). The van der Waals surface area contributed by atoms with Crippen LogP contribution in [0.2, 0.25) is 0 Å². The number of nitrogens with zero attached hydrogens (tertiary/aromatic N) is 1. The Labute approximate surface area is 101 Å². The van der Waals surface area contributed by atoms with Gasteiger partial charge >= 0.3 is 0 Å². The largest absolute Gasteiger partial charge is 0.265 e. The van der Waals surface area contributed by atoms with Crippen LogP contribution < -0.4 is 0 Å². The van der Waals surface area contributed by atoms with Crippen LogP contribution in [-0.2, 0) is 0 Å². The van der Waals surface area contributed by atoms with Gasteiger partial charge in [0.25, 0.3) is 0 Å². The molecule has 1 heterocycles. The van der Waals surface area contributed by atoms with Crippen LogP contribution in [-0.4, -0.2) is 4.98 Å².